The number of likely N-dealkylation sites (tertiary alicyclic amines) is 1. The number of amides is 1. The fourth-order valence-electron chi connectivity index (χ4n) is 3.16. The van der Waals surface area contributed by atoms with E-state index in [1.807, 2.05) is 29.2 Å². The van der Waals surface area contributed by atoms with Crippen LogP contribution in [0, 0.1) is 5.92 Å². The quantitative estimate of drug-likeness (QED) is 0.362. The van der Waals surface area contributed by atoms with E-state index >= 15 is 0 Å². The minimum Gasteiger partial charge on any atom is -0.483 e. The van der Waals surface area contributed by atoms with Crippen molar-refractivity contribution in [1.82, 2.24) is 9.88 Å². The van der Waals surface area contributed by atoms with Gasteiger partial charge in [-0.15, -0.1) is 11.3 Å². The van der Waals surface area contributed by atoms with E-state index in [0.29, 0.717) is 29.1 Å². The zero-order valence-corrected chi connectivity index (χ0v) is 18.7. The molecule has 1 amide bonds. The van der Waals surface area contributed by atoms with Crippen LogP contribution in [0.25, 0.3) is 0 Å². The maximum absolute atomic E-state index is 12.4. The summed E-state index contributed by atoms with van der Waals surface area (Å²) in [6.07, 6.45) is 3.84. The SMILES string of the molecule is CCOC(=O)Cc1csc(NN=Cc2ccccc2OCC(=O)N2CCC(C)CC2)n1. The number of para-hydroxylation sites is 1. The van der Waals surface area contributed by atoms with Gasteiger partial charge in [0.05, 0.1) is 24.9 Å². The van der Waals surface area contributed by atoms with E-state index in [1.54, 1.807) is 18.5 Å². The number of carbonyl (C=O) groups is 2. The smallest absolute Gasteiger partial charge is 0.311 e. The van der Waals surface area contributed by atoms with Gasteiger partial charge in [0.2, 0.25) is 5.13 Å². The van der Waals surface area contributed by atoms with Crippen LogP contribution in [-0.2, 0) is 20.7 Å². The summed E-state index contributed by atoms with van der Waals surface area (Å²) in [7, 11) is 0. The van der Waals surface area contributed by atoms with Crippen molar-refractivity contribution in [3.8, 4) is 5.75 Å². The lowest BCUT2D eigenvalue weighted by molar-refractivity contribution is -0.142. The van der Waals surface area contributed by atoms with Crippen molar-refractivity contribution in [3.63, 3.8) is 0 Å². The summed E-state index contributed by atoms with van der Waals surface area (Å²) in [6.45, 7) is 5.94. The molecule has 1 aromatic heterocycles. The number of anilines is 1. The standard InChI is InChI=1S/C22H28N4O4S/c1-3-29-21(28)12-18-15-31-22(24-18)25-23-13-17-6-4-5-7-19(17)30-14-20(27)26-10-8-16(2)9-11-26/h4-7,13,15-16H,3,8-12,14H2,1-2H3,(H,24,25). The van der Waals surface area contributed by atoms with Gasteiger partial charge < -0.3 is 14.4 Å². The number of rotatable bonds is 9. The van der Waals surface area contributed by atoms with Crippen LogP contribution in [0.1, 0.15) is 37.9 Å². The molecule has 0 saturated carbocycles. The average molecular weight is 445 g/mol. The molecule has 9 heteroatoms. The van der Waals surface area contributed by atoms with Gasteiger partial charge in [-0.2, -0.15) is 5.10 Å². The topological polar surface area (TPSA) is 93.1 Å². The first kappa shape index (κ1) is 22.7. The van der Waals surface area contributed by atoms with Gasteiger partial charge in [0.15, 0.2) is 6.61 Å². The van der Waals surface area contributed by atoms with E-state index in [2.05, 4.69) is 22.4 Å². The molecule has 1 saturated heterocycles. The van der Waals surface area contributed by atoms with Gasteiger partial charge in [0, 0.05) is 24.0 Å². The Morgan fingerprint density at radius 2 is 2.10 bits per heavy atom. The number of aromatic nitrogens is 1. The first-order valence-corrected chi connectivity index (χ1v) is 11.3. The van der Waals surface area contributed by atoms with E-state index in [1.165, 1.54) is 11.3 Å². The Hall–Kier alpha value is -2.94. The second kappa shape index (κ2) is 11.5. The third-order valence-corrected chi connectivity index (χ3v) is 5.75. The van der Waals surface area contributed by atoms with Crippen molar-refractivity contribution < 1.29 is 19.1 Å². The highest BCUT2D eigenvalue weighted by atomic mass is 32.1. The molecule has 1 fully saturated rings. The molecule has 0 radical (unpaired) electrons. The zero-order valence-electron chi connectivity index (χ0n) is 17.9. The average Bonchev–Trinajstić information content (AvgIpc) is 3.20. The highest BCUT2D eigenvalue weighted by Gasteiger charge is 2.20. The first-order chi connectivity index (χ1) is 15.0. The lowest BCUT2D eigenvalue weighted by atomic mass is 9.99. The number of thiazole rings is 1. The molecule has 166 valence electrons. The van der Waals surface area contributed by atoms with Crippen molar-refractivity contribution in [3.05, 3.63) is 40.9 Å². The summed E-state index contributed by atoms with van der Waals surface area (Å²) in [6, 6.07) is 7.41. The molecule has 2 heterocycles. The maximum Gasteiger partial charge on any atom is 0.311 e. The molecule has 0 unspecified atom stereocenters. The Morgan fingerprint density at radius 1 is 1.32 bits per heavy atom. The van der Waals surface area contributed by atoms with E-state index in [-0.39, 0.29) is 24.9 Å². The number of hydrogen-bond donors (Lipinski definition) is 1. The molecule has 1 aliphatic rings. The second-order valence-corrected chi connectivity index (χ2v) is 8.24. The number of hydrogen-bond acceptors (Lipinski definition) is 8. The maximum atomic E-state index is 12.4. The molecular weight excluding hydrogens is 416 g/mol. The predicted molar refractivity (Wildman–Crippen MR) is 121 cm³/mol. The van der Waals surface area contributed by atoms with Gasteiger partial charge in [-0.3, -0.25) is 15.0 Å². The number of nitrogens with zero attached hydrogens (tertiary/aromatic N) is 3. The number of esters is 1. The van der Waals surface area contributed by atoms with Crippen LogP contribution in [0.2, 0.25) is 0 Å². The summed E-state index contributed by atoms with van der Waals surface area (Å²) in [5, 5.41) is 6.57. The normalized spacial score (nSPS) is 14.6. The number of carbonyl (C=O) groups excluding carboxylic acids is 2. The zero-order chi connectivity index (χ0) is 22.1. The minimum atomic E-state index is -0.303. The van der Waals surface area contributed by atoms with Gasteiger partial charge in [0.25, 0.3) is 5.91 Å². The largest absolute Gasteiger partial charge is 0.483 e. The molecule has 3 rings (SSSR count). The lowest BCUT2D eigenvalue weighted by Gasteiger charge is -2.30. The van der Waals surface area contributed by atoms with Crippen LogP contribution in [0.5, 0.6) is 5.75 Å². The predicted octanol–water partition coefficient (Wildman–Crippen LogP) is 3.33. The molecule has 0 bridgehead atoms. The third kappa shape index (κ3) is 7.06. The molecular formula is C22H28N4O4S. The lowest BCUT2D eigenvalue weighted by Crippen LogP contribution is -2.40. The summed E-state index contributed by atoms with van der Waals surface area (Å²) in [4.78, 5) is 30.1. The number of nitrogens with one attached hydrogen (secondary N) is 1. The van der Waals surface area contributed by atoms with Gasteiger partial charge in [-0.25, -0.2) is 4.98 Å². The summed E-state index contributed by atoms with van der Waals surface area (Å²) >= 11 is 1.35. The molecule has 31 heavy (non-hydrogen) atoms. The molecule has 0 atom stereocenters. The van der Waals surface area contributed by atoms with Crippen LogP contribution in [0.3, 0.4) is 0 Å². The molecule has 0 spiro atoms. The Morgan fingerprint density at radius 3 is 2.87 bits per heavy atom. The van der Waals surface area contributed by atoms with Crippen LogP contribution >= 0.6 is 11.3 Å². The molecule has 8 nitrogen and oxygen atoms in total. The molecule has 1 aliphatic heterocycles. The van der Waals surface area contributed by atoms with Crippen LogP contribution in [-0.4, -0.2) is 54.3 Å². The summed E-state index contributed by atoms with van der Waals surface area (Å²) < 4.78 is 10.7. The van der Waals surface area contributed by atoms with Gasteiger partial charge in [0.1, 0.15) is 5.75 Å². The van der Waals surface area contributed by atoms with Crippen molar-refractivity contribution in [1.29, 1.82) is 0 Å². The molecule has 2 aromatic rings. The second-order valence-electron chi connectivity index (χ2n) is 7.39. The van der Waals surface area contributed by atoms with E-state index < -0.39 is 0 Å². The highest BCUT2D eigenvalue weighted by molar-refractivity contribution is 7.13. The van der Waals surface area contributed by atoms with Crippen molar-refractivity contribution in [2.45, 2.75) is 33.1 Å². The van der Waals surface area contributed by atoms with E-state index in [4.69, 9.17) is 9.47 Å². The summed E-state index contributed by atoms with van der Waals surface area (Å²) in [5.41, 5.74) is 4.24. The molecule has 1 N–H and O–H groups in total. The van der Waals surface area contributed by atoms with Crippen molar-refractivity contribution in [2.75, 3.05) is 31.7 Å². The number of piperidine rings is 1. The van der Waals surface area contributed by atoms with Gasteiger partial charge in [-0.05, 0) is 37.8 Å². The van der Waals surface area contributed by atoms with Crippen molar-refractivity contribution in [2.24, 2.45) is 11.0 Å². The Balaban J connectivity index is 1.52. The highest BCUT2D eigenvalue weighted by Crippen LogP contribution is 2.19. The Bertz CT molecular complexity index is 906. The van der Waals surface area contributed by atoms with Crippen molar-refractivity contribution >= 4 is 34.6 Å². The minimum absolute atomic E-state index is 0.00804. The molecule has 0 aliphatic carbocycles. The Kier molecular flexibility index (Phi) is 8.40. The third-order valence-electron chi connectivity index (χ3n) is 4.95. The number of hydrazone groups is 1. The fraction of sp³-hybridized carbons (Fsp3) is 0.455. The van der Waals surface area contributed by atoms with Gasteiger partial charge >= 0.3 is 5.97 Å². The Labute approximate surface area is 186 Å². The molecule has 1 aromatic carbocycles. The van der Waals surface area contributed by atoms with E-state index in [0.717, 1.165) is 31.5 Å². The van der Waals surface area contributed by atoms with E-state index in [9.17, 15) is 9.59 Å². The fourth-order valence-corrected chi connectivity index (χ4v) is 3.82. The number of benzene rings is 1. The first-order valence-electron chi connectivity index (χ1n) is 10.4. The van der Waals surface area contributed by atoms with Crippen LogP contribution < -0.4 is 10.2 Å². The van der Waals surface area contributed by atoms with Gasteiger partial charge in [-0.1, -0.05) is 19.1 Å². The summed E-state index contributed by atoms with van der Waals surface area (Å²) in [5.74, 6) is 0.971. The number of ether oxygens (including phenoxy) is 2. The van der Waals surface area contributed by atoms with Crippen LogP contribution in [0.15, 0.2) is 34.7 Å². The monoisotopic (exact) mass is 444 g/mol. The van der Waals surface area contributed by atoms with Crippen LogP contribution in [0.4, 0.5) is 5.13 Å².